The molecule has 0 aliphatic heterocycles. The number of aromatic nitrogens is 5. The maximum Gasteiger partial charge on any atom is 0.158 e. The van der Waals surface area contributed by atoms with Crippen LogP contribution in [0.4, 0.5) is 0 Å². The van der Waals surface area contributed by atoms with Crippen LogP contribution in [-0.4, -0.2) is 24.5 Å². The number of hydrogen-bond acceptors (Lipinski definition) is 3. The van der Waals surface area contributed by atoms with Crippen LogP contribution in [0.2, 0.25) is 0 Å². The van der Waals surface area contributed by atoms with Gasteiger partial charge in [0.15, 0.2) is 5.65 Å². The third-order valence-electron chi connectivity index (χ3n) is 3.71. The Kier molecular flexibility index (Phi) is 3.80. The fourth-order valence-electron chi connectivity index (χ4n) is 2.34. The first-order chi connectivity index (χ1) is 10.1. The van der Waals surface area contributed by atoms with Crippen LogP contribution in [0.1, 0.15) is 20.3 Å². The van der Waals surface area contributed by atoms with E-state index in [-0.39, 0.29) is 0 Å². The molecule has 0 spiro atoms. The summed E-state index contributed by atoms with van der Waals surface area (Å²) in [4.78, 5) is 4.55. The molecule has 6 heteroatoms. The van der Waals surface area contributed by atoms with Crippen LogP contribution in [0.15, 0.2) is 29.1 Å². The van der Waals surface area contributed by atoms with Crippen molar-refractivity contribution in [2.75, 3.05) is 0 Å². The van der Waals surface area contributed by atoms with Crippen LogP contribution in [0, 0.1) is 5.92 Å². The number of pyridine rings is 1. The first kappa shape index (κ1) is 14.3. The molecule has 3 aromatic heterocycles. The molecule has 0 fully saturated rings. The molecule has 21 heavy (non-hydrogen) atoms. The molecule has 0 aliphatic rings. The van der Waals surface area contributed by atoms with Crippen LogP contribution in [0.5, 0.6) is 0 Å². The lowest BCUT2D eigenvalue weighted by Gasteiger charge is -2.08. The van der Waals surface area contributed by atoms with E-state index in [1.807, 2.05) is 30.3 Å². The minimum Gasteiger partial charge on any atom is -0.275 e. The molecular weight excluding hydrogens is 330 g/mol. The van der Waals surface area contributed by atoms with Gasteiger partial charge in [-0.1, -0.05) is 20.3 Å². The van der Waals surface area contributed by atoms with E-state index < -0.39 is 0 Å². The fourth-order valence-corrected chi connectivity index (χ4v) is 2.67. The third-order valence-corrected chi connectivity index (χ3v) is 4.15. The SMILES string of the molecule is CCC(C)Cn1nc(-c2cnn(C)c2)c2cc(Br)cnc21. The second kappa shape index (κ2) is 5.60. The number of nitrogens with zero attached hydrogens (tertiary/aromatic N) is 5. The monoisotopic (exact) mass is 347 g/mol. The molecule has 5 nitrogen and oxygen atoms in total. The minimum absolute atomic E-state index is 0.570. The Morgan fingerprint density at radius 2 is 2.14 bits per heavy atom. The van der Waals surface area contributed by atoms with Crippen molar-refractivity contribution in [2.45, 2.75) is 26.8 Å². The van der Waals surface area contributed by atoms with Gasteiger partial charge < -0.3 is 0 Å². The molecule has 0 N–H and O–H groups in total. The van der Waals surface area contributed by atoms with Gasteiger partial charge in [-0.25, -0.2) is 9.67 Å². The highest BCUT2D eigenvalue weighted by Crippen LogP contribution is 2.29. The molecule has 0 saturated carbocycles. The van der Waals surface area contributed by atoms with Crippen LogP contribution >= 0.6 is 15.9 Å². The van der Waals surface area contributed by atoms with Crippen LogP contribution in [0.3, 0.4) is 0 Å². The molecule has 0 bridgehead atoms. The average Bonchev–Trinajstić information content (AvgIpc) is 3.03. The highest BCUT2D eigenvalue weighted by molar-refractivity contribution is 9.10. The Bertz CT molecular complexity index is 774. The Balaban J connectivity index is 2.17. The summed E-state index contributed by atoms with van der Waals surface area (Å²) in [6.45, 7) is 5.31. The van der Waals surface area contributed by atoms with Gasteiger partial charge in [-0.05, 0) is 27.9 Å². The first-order valence-electron chi connectivity index (χ1n) is 7.09. The molecule has 0 saturated heterocycles. The molecule has 1 unspecified atom stereocenters. The van der Waals surface area contributed by atoms with Gasteiger partial charge in [0.1, 0.15) is 5.69 Å². The van der Waals surface area contributed by atoms with E-state index >= 15 is 0 Å². The van der Waals surface area contributed by atoms with Crippen molar-refractivity contribution in [1.29, 1.82) is 0 Å². The maximum atomic E-state index is 4.78. The normalized spacial score (nSPS) is 13.0. The Labute approximate surface area is 132 Å². The molecule has 1 atom stereocenters. The molecule has 0 aromatic carbocycles. The standard InChI is InChI=1S/C15H18BrN5/c1-4-10(2)8-21-15-13(5-12(16)7-17-15)14(19-21)11-6-18-20(3)9-11/h5-7,9-10H,4,8H2,1-3H3. The van der Waals surface area contributed by atoms with Gasteiger partial charge in [0, 0.05) is 41.4 Å². The van der Waals surface area contributed by atoms with E-state index in [2.05, 4.69) is 45.9 Å². The predicted molar refractivity (Wildman–Crippen MR) is 86.9 cm³/mol. The summed E-state index contributed by atoms with van der Waals surface area (Å²) < 4.78 is 4.77. The quantitative estimate of drug-likeness (QED) is 0.723. The average molecular weight is 348 g/mol. The van der Waals surface area contributed by atoms with Gasteiger partial charge in [-0.15, -0.1) is 0 Å². The molecule has 0 aliphatic carbocycles. The van der Waals surface area contributed by atoms with Crippen LogP contribution in [0.25, 0.3) is 22.3 Å². The summed E-state index contributed by atoms with van der Waals surface area (Å²) in [5.74, 6) is 0.570. The van der Waals surface area contributed by atoms with E-state index in [4.69, 9.17) is 5.10 Å². The Morgan fingerprint density at radius 3 is 2.81 bits per heavy atom. The molecular formula is C15H18BrN5. The molecule has 3 rings (SSSR count). The van der Waals surface area contributed by atoms with Gasteiger partial charge in [0.25, 0.3) is 0 Å². The van der Waals surface area contributed by atoms with Gasteiger partial charge in [-0.3, -0.25) is 4.68 Å². The molecule has 0 radical (unpaired) electrons. The number of fused-ring (bicyclic) bond motifs is 1. The summed E-state index contributed by atoms with van der Waals surface area (Å²) in [5.41, 5.74) is 2.89. The van der Waals surface area contributed by atoms with E-state index in [9.17, 15) is 0 Å². The number of halogens is 1. The zero-order chi connectivity index (χ0) is 15.0. The van der Waals surface area contributed by atoms with Crippen LogP contribution in [-0.2, 0) is 13.6 Å². The second-order valence-corrected chi connectivity index (χ2v) is 6.39. The van der Waals surface area contributed by atoms with E-state index in [0.717, 1.165) is 39.7 Å². The summed E-state index contributed by atoms with van der Waals surface area (Å²) in [6, 6.07) is 2.07. The van der Waals surface area contributed by atoms with Crippen molar-refractivity contribution >= 4 is 27.0 Å². The van der Waals surface area contributed by atoms with E-state index in [0.29, 0.717) is 5.92 Å². The third kappa shape index (κ3) is 2.72. The van der Waals surface area contributed by atoms with Crippen molar-refractivity contribution in [3.05, 3.63) is 29.1 Å². The van der Waals surface area contributed by atoms with Gasteiger partial charge in [0.2, 0.25) is 0 Å². The summed E-state index contributed by atoms with van der Waals surface area (Å²) in [7, 11) is 1.91. The second-order valence-electron chi connectivity index (χ2n) is 5.47. The highest BCUT2D eigenvalue weighted by atomic mass is 79.9. The molecule has 3 aromatic rings. The van der Waals surface area contributed by atoms with Gasteiger partial charge >= 0.3 is 0 Å². The van der Waals surface area contributed by atoms with Crippen molar-refractivity contribution in [3.63, 3.8) is 0 Å². The predicted octanol–water partition coefficient (Wildman–Crippen LogP) is 3.64. The van der Waals surface area contributed by atoms with Crippen molar-refractivity contribution in [2.24, 2.45) is 13.0 Å². The molecule has 0 amide bonds. The summed E-state index contributed by atoms with van der Waals surface area (Å²) in [6.07, 6.45) is 6.77. The summed E-state index contributed by atoms with van der Waals surface area (Å²) >= 11 is 3.50. The molecule has 110 valence electrons. The van der Waals surface area contributed by atoms with E-state index in [1.54, 1.807) is 4.68 Å². The van der Waals surface area contributed by atoms with Gasteiger partial charge in [0.05, 0.1) is 6.20 Å². The van der Waals surface area contributed by atoms with Crippen LogP contribution < -0.4 is 0 Å². The Morgan fingerprint density at radius 1 is 1.33 bits per heavy atom. The largest absolute Gasteiger partial charge is 0.275 e. The lowest BCUT2D eigenvalue weighted by molar-refractivity contribution is 0.447. The van der Waals surface area contributed by atoms with Gasteiger partial charge in [-0.2, -0.15) is 10.2 Å². The van der Waals surface area contributed by atoms with Crippen molar-refractivity contribution < 1.29 is 0 Å². The van der Waals surface area contributed by atoms with Crippen molar-refractivity contribution in [1.82, 2.24) is 24.5 Å². The highest BCUT2D eigenvalue weighted by Gasteiger charge is 2.16. The number of rotatable bonds is 4. The lowest BCUT2D eigenvalue weighted by atomic mass is 10.1. The smallest absolute Gasteiger partial charge is 0.158 e. The lowest BCUT2D eigenvalue weighted by Crippen LogP contribution is -2.08. The maximum absolute atomic E-state index is 4.78. The first-order valence-corrected chi connectivity index (χ1v) is 7.89. The number of aryl methyl sites for hydroxylation is 1. The fraction of sp³-hybridized carbons (Fsp3) is 0.400. The van der Waals surface area contributed by atoms with E-state index in [1.165, 1.54) is 0 Å². The summed E-state index contributed by atoms with van der Waals surface area (Å²) in [5, 5.41) is 10.1. The number of hydrogen-bond donors (Lipinski definition) is 0. The Hall–Kier alpha value is -1.69. The zero-order valence-electron chi connectivity index (χ0n) is 12.4. The minimum atomic E-state index is 0.570. The molecule has 3 heterocycles. The zero-order valence-corrected chi connectivity index (χ0v) is 14.0. The van der Waals surface area contributed by atoms with Crippen molar-refractivity contribution in [3.8, 4) is 11.3 Å². The topological polar surface area (TPSA) is 48.5 Å².